The van der Waals surface area contributed by atoms with Gasteiger partial charge >= 0.3 is 5.97 Å². The molecular formula is C10H12N2O5S2. The second-order valence-electron chi connectivity index (χ2n) is 3.93. The first-order chi connectivity index (χ1) is 8.94. The smallest absolute Gasteiger partial charge is 0.381 e. The molecule has 19 heavy (non-hydrogen) atoms. The normalized spacial score (nSPS) is 15.0. The molecule has 0 spiro atoms. The number of anilines is 1. The Bertz CT molecular complexity index is 603. The number of nitrogens with one attached hydrogen (secondary N) is 1. The van der Waals surface area contributed by atoms with Crippen molar-refractivity contribution >= 4 is 38.2 Å². The van der Waals surface area contributed by atoms with Crippen LogP contribution in [0.2, 0.25) is 0 Å². The molecule has 1 aliphatic carbocycles. The molecule has 1 aromatic heterocycles. The highest BCUT2D eigenvalue weighted by Gasteiger charge is 2.36. The zero-order chi connectivity index (χ0) is 14.0. The third kappa shape index (κ3) is 3.29. The molecule has 0 amide bonds. The first kappa shape index (κ1) is 13.9. The minimum absolute atomic E-state index is 0.0829. The minimum atomic E-state index is -3.41. The predicted octanol–water partition coefficient (Wildman–Crippen LogP) is 0.793. The van der Waals surface area contributed by atoms with E-state index in [0.29, 0.717) is 12.8 Å². The van der Waals surface area contributed by atoms with Gasteiger partial charge in [0.1, 0.15) is 5.69 Å². The number of esters is 1. The molecule has 0 saturated heterocycles. The topological polar surface area (TPSA) is 102 Å². The number of hydrogen-bond donors (Lipinski definition) is 1. The van der Waals surface area contributed by atoms with Crippen molar-refractivity contribution in [3.8, 4) is 0 Å². The van der Waals surface area contributed by atoms with Gasteiger partial charge in [0, 0.05) is 5.38 Å². The van der Waals surface area contributed by atoms with Crippen molar-refractivity contribution in [1.29, 1.82) is 0 Å². The van der Waals surface area contributed by atoms with E-state index in [1.807, 2.05) is 0 Å². The van der Waals surface area contributed by atoms with E-state index in [0.717, 1.165) is 11.3 Å². The number of ketones is 1. The van der Waals surface area contributed by atoms with Crippen LogP contribution in [0.15, 0.2) is 5.38 Å². The van der Waals surface area contributed by atoms with Crippen molar-refractivity contribution in [2.45, 2.75) is 25.0 Å². The number of Topliss-reactive ketones (excluding diaryl/α,β-unsaturated/α-hetero) is 1. The van der Waals surface area contributed by atoms with Crippen LogP contribution in [0.25, 0.3) is 0 Å². The Morgan fingerprint density at radius 1 is 1.53 bits per heavy atom. The summed E-state index contributed by atoms with van der Waals surface area (Å²) in [6.45, 7) is 1.68. The SMILES string of the molecule is CCOC(=O)C(=O)c1csc(NS(=O)(=O)C2CC2)n1. The fourth-order valence-electron chi connectivity index (χ4n) is 1.31. The average Bonchev–Trinajstić information content (AvgIpc) is 3.11. The summed E-state index contributed by atoms with van der Waals surface area (Å²) in [6, 6.07) is 0. The number of nitrogens with zero attached hydrogens (tertiary/aromatic N) is 1. The van der Waals surface area contributed by atoms with Gasteiger partial charge in [-0.1, -0.05) is 0 Å². The van der Waals surface area contributed by atoms with Crippen LogP contribution >= 0.6 is 11.3 Å². The largest absolute Gasteiger partial charge is 0.460 e. The Balaban J connectivity index is 2.06. The van der Waals surface area contributed by atoms with E-state index in [1.165, 1.54) is 5.38 Å². The second-order valence-corrected chi connectivity index (χ2v) is 6.75. The van der Waals surface area contributed by atoms with Crippen LogP contribution in [0.4, 0.5) is 5.13 Å². The number of ether oxygens (including phenoxy) is 1. The van der Waals surface area contributed by atoms with Crippen molar-refractivity contribution in [3.05, 3.63) is 11.1 Å². The lowest BCUT2D eigenvalue weighted by atomic mass is 10.3. The van der Waals surface area contributed by atoms with Crippen LogP contribution in [0.1, 0.15) is 30.3 Å². The maximum atomic E-state index is 11.7. The maximum absolute atomic E-state index is 11.7. The molecule has 1 saturated carbocycles. The quantitative estimate of drug-likeness (QED) is 0.473. The van der Waals surface area contributed by atoms with Gasteiger partial charge in [-0.25, -0.2) is 18.2 Å². The number of thiazole rings is 1. The molecule has 9 heteroatoms. The van der Waals surface area contributed by atoms with Crippen LogP contribution in [0.3, 0.4) is 0 Å². The Kier molecular flexibility index (Phi) is 3.85. The summed E-state index contributed by atoms with van der Waals surface area (Å²) < 4.78 is 30.2. The lowest BCUT2D eigenvalue weighted by molar-refractivity contribution is -0.137. The molecule has 1 heterocycles. The van der Waals surface area contributed by atoms with Gasteiger partial charge in [-0.15, -0.1) is 11.3 Å². The summed E-state index contributed by atoms with van der Waals surface area (Å²) in [4.78, 5) is 26.5. The van der Waals surface area contributed by atoms with Gasteiger partial charge in [0.15, 0.2) is 5.13 Å². The lowest BCUT2D eigenvalue weighted by Crippen LogP contribution is -2.19. The molecule has 1 N–H and O–H groups in total. The summed E-state index contributed by atoms with van der Waals surface area (Å²) >= 11 is 0.955. The van der Waals surface area contributed by atoms with Crippen LogP contribution in [0, 0.1) is 0 Å². The molecule has 0 aromatic carbocycles. The molecule has 1 aliphatic rings. The number of carbonyl (C=O) groups is 2. The molecule has 1 aromatic rings. The fourth-order valence-corrected chi connectivity index (χ4v) is 3.60. The van der Waals surface area contributed by atoms with Crippen LogP contribution < -0.4 is 4.72 Å². The Morgan fingerprint density at radius 3 is 2.79 bits per heavy atom. The highest BCUT2D eigenvalue weighted by molar-refractivity contribution is 7.93. The third-order valence-electron chi connectivity index (χ3n) is 2.39. The Labute approximate surface area is 114 Å². The van der Waals surface area contributed by atoms with E-state index in [4.69, 9.17) is 0 Å². The first-order valence-corrected chi connectivity index (χ1v) is 8.05. The number of sulfonamides is 1. The number of aromatic nitrogens is 1. The predicted molar refractivity (Wildman–Crippen MR) is 68.6 cm³/mol. The number of rotatable bonds is 6. The maximum Gasteiger partial charge on any atom is 0.381 e. The molecule has 0 bridgehead atoms. The number of carbonyl (C=O) groups excluding carboxylic acids is 2. The second kappa shape index (κ2) is 5.25. The van der Waals surface area contributed by atoms with Crippen molar-refractivity contribution in [1.82, 2.24) is 4.98 Å². The zero-order valence-corrected chi connectivity index (χ0v) is 11.7. The van der Waals surface area contributed by atoms with Gasteiger partial charge in [0.05, 0.1) is 11.9 Å². The van der Waals surface area contributed by atoms with Gasteiger partial charge in [0.25, 0.3) is 5.78 Å². The van der Waals surface area contributed by atoms with E-state index in [1.54, 1.807) is 6.92 Å². The van der Waals surface area contributed by atoms with E-state index in [2.05, 4.69) is 14.4 Å². The number of hydrogen-bond acceptors (Lipinski definition) is 7. The van der Waals surface area contributed by atoms with Gasteiger partial charge in [-0.3, -0.25) is 9.52 Å². The van der Waals surface area contributed by atoms with Crippen LogP contribution in [0.5, 0.6) is 0 Å². The molecule has 2 rings (SSSR count). The fraction of sp³-hybridized carbons (Fsp3) is 0.500. The summed E-state index contributed by atoms with van der Waals surface area (Å²) in [5.74, 6) is -1.88. The molecular weight excluding hydrogens is 292 g/mol. The van der Waals surface area contributed by atoms with Gasteiger partial charge in [0.2, 0.25) is 10.0 Å². The lowest BCUT2D eigenvalue weighted by Gasteiger charge is -2.01. The van der Waals surface area contributed by atoms with E-state index < -0.39 is 21.8 Å². The van der Waals surface area contributed by atoms with Crippen molar-refractivity contribution in [2.24, 2.45) is 0 Å². The highest BCUT2D eigenvalue weighted by Crippen LogP contribution is 2.30. The molecule has 0 unspecified atom stereocenters. The van der Waals surface area contributed by atoms with Gasteiger partial charge in [-0.05, 0) is 19.8 Å². The van der Waals surface area contributed by atoms with E-state index >= 15 is 0 Å². The van der Waals surface area contributed by atoms with Crippen LogP contribution in [-0.2, 0) is 19.6 Å². The van der Waals surface area contributed by atoms with E-state index in [9.17, 15) is 18.0 Å². The average molecular weight is 304 g/mol. The van der Waals surface area contributed by atoms with Gasteiger partial charge < -0.3 is 4.74 Å². The molecule has 7 nitrogen and oxygen atoms in total. The Morgan fingerprint density at radius 2 is 2.21 bits per heavy atom. The van der Waals surface area contributed by atoms with Crippen molar-refractivity contribution in [2.75, 3.05) is 11.3 Å². The minimum Gasteiger partial charge on any atom is -0.460 e. The molecule has 1 fully saturated rings. The standard InChI is InChI=1S/C10H12N2O5S2/c1-2-17-9(14)8(13)7-5-18-10(11-7)12-19(15,16)6-3-4-6/h5-6H,2-4H2,1H3,(H,11,12). The van der Waals surface area contributed by atoms with Gasteiger partial charge in [-0.2, -0.15) is 0 Å². The zero-order valence-electron chi connectivity index (χ0n) is 10.1. The monoisotopic (exact) mass is 304 g/mol. The highest BCUT2D eigenvalue weighted by atomic mass is 32.2. The Hall–Kier alpha value is -1.48. The van der Waals surface area contributed by atoms with Crippen molar-refractivity contribution in [3.63, 3.8) is 0 Å². The molecule has 0 atom stereocenters. The molecule has 0 radical (unpaired) electrons. The third-order valence-corrected chi connectivity index (χ3v) is 5.10. The molecule has 0 aliphatic heterocycles. The van der Waals surface area contributed by atoms with Crippen LogP contribution in [-0.4, -0.2) is 37.0 Å². The first-order valence-electron chi connectivity index (χ1n) is 5.62. The van der Waals surface area contributed by atoms with E-state index in [-0.39, 0.29) is 22.7 Å². The summed E-state index contributed by atoms with van der Waals surface area (Å²) in [5, 5.41) is 1.03. The summed E-state index contributed by atoms with van der Waals surface area (Å²) in [5.41, 5.74) is -0.114. The summed E-state index contributed by atoms with van der Waals surface area (Å²) in [7, 11) is -3.41. The summed E-state index contributed by atoms with van der Waals surface area (Å²) in [6.07, 6.45) is 1.27. The molecule has 104 valence electrons. The van der Waals surface area contributed by atoms with Crippen molar-refractivity contribution < 1.29 is 22.7 Å².